The summed E-state index contributed by atoms with van der Waals surface area (Å²) in [4.78, 5) is 52.1. The topological polar surface area (TPSA) is 160 Å². The van der Waals surface area contributed by atoms with Crippen molar-refractivity contribution in [3.63, 3.8) is 0 Å². The van der Waals surface area contributed by atoms with Crippen LogP contribution in [0.2, 0.25) is 0 Å². The normalized spacial score (nSPS) is 13.9. The van der Waals surface area contributed by atoms with Crippen molar-refractivity contribution in [3.05, 3.63) is 157 Å². The molecule has 2 aliphatic rings. The first-order chi connectivity index (χ1) is 35.3. The fourth-order valence-corrected chi connectivity index (χ4v) is 8.05. The van der Waals surface area contributed by atoms with Crippen LogP contribution in [-0.2, 0) is 15.7 Å². The maximum Gasteiger partial charge on any atom is 0.416 e. The highest BCUT2D eigenvalue weighted by Crippen LogP contribution is 2.37. The van der Waals surface area contributed by atoms with E-state index in [9.17, 15) is 27.2 Å². The highest BCUT2D eigenvalue weighted by atomic mass is 19.4. The van der Waals surface area contributed by atoms with Gasteiger partial charge in [-0.05, 0) is 72.8 Å². The van der Waals surface area contributed by atoms with Crippen molar-refractivity contribution in [3.8, 4) is 23.0 Å². The number of aromatic nitrogens is 4. The smallest absolute Gasteiger partial charge is 0.416 e. The van der Waals surface area contributed by atoms with Gasteiger partial charge in [-0.3, -0.25) is 9.97 Å². The molecule has 372 valence electrons. The number of morpholine rings is 2. The maximum atomic E-state index is 16.1. The Hall–Kier alpha value is -8.76. The third-order valence-electron chi connectivity index (χ3n) is 11.4. The summed E-state index contributed by atoms with van der Waals surface area (Å²) in [5, 5.41) is 5.94. The van der Waals surface area contributed by atoms with Crippen LogP contribution in [0.5, 0.6) is 23.0 Å². The third-order valence-corrected chi connectivity index (χ3v) is 11.4. The van der Waals surface area contributed by atoms with E-state index < -0.39 is 58.3 Å². The summed E-state index contributed by atoms with van der Waals surface area (Å²) in [7, 11) is 0. The molecule has 10 rings (SSSR count). The first-order valence-corrected chi connectivity index (χ1v) is 22.6. The number of halogens is 6. The molecule has 4 amide bonds. The van der Waals surface area contributed by atoms with Crippen molar-refractivity contribution in [2.45, 2.75) is 6.18 Å². The number of carbonyl (C=O) groups is 2. The van der Waals surface area contributed by atoms with Gasteiger partial charge in [-0.1, -0.05) is 12.1 Å². The number of alkyl halides is 3. The van der Waals surface area contributed by atoms with Gasteiger partial charge >= 0.3 is 18.2 Å². The van der Waals surface area contributed by atoms with Crippen molar-refractivity contribution < 1.29 is 54.9 Å². The second-order valence-electron chi connectivity index (χ2n) is 16.5. The van der Waals surface area contributed by atoms with Crippen LogP contribution in [-0.4, -0.2) is 84.6 Å². The van der Waals surface area contributed by atoms with E-state index in [1.54, 1.807) is 48.8 Å². The number of anilines is 6. The highest BCUT2D eigenvalue weighted by Gasteiger charge is 2.34. The fraction of sp³-hybridized carbons (Fsp3) is 0.176. The molecule has 22 heteroatoms. The maximum absolute atomic E-state index is 16.1. The minimum Gasteiger partial charge on any atom is -0.457 e. The van der Waals surface area contributed by atoms with Crippen molar-refractivity contribution in [1.82, 2.24) is 19.9 Å². The van der Waals surface area contributed by atoms with E-state index in [-0.39, 0.29) is 28.7 Å². The zero-order valence-corrected chi connectivity index (χ0v) is 38.2. The first kappa shape index (κ1) is 47.9. The molecule has 6 aromatic carbocycles. The molecule has 16 nitrogen and oxygen atoms in total. The quantitative estimate of drug-likeness (QED) is 0.0988. The van der Waals surface area contributed by atoms with Gasteiger partial charge in [-0.2, -0.15) is 23.2 Å². The van der Waals surface area contributed by atoms with E-state index in [1.807, 2.05) is 9.80 Å². The molecule has 0 atom stereocenters. The molecule has 0 saturated carbocycles. The molecule has 2 saturated heterocycles. The van der Waals surface area contributed by atoms with Crippen LogP contribution in [0, 0.1) is 17.5 Å². The predicted octanol–water partition coefficient (Wildman–Crippen LogP) is 11.0. The third kappa shape index (κ3) is 11.2. The van der Waals surface area contributed by atoms with Crippen LogP contribution in [0.3, 0.4) is 0 Å². The number of amides is 4. The molecule has 2 aromatic heterocycles. The molecule has 0 aliphatic carbocycles. The van der Waals surface area contributed by atoms with Crippen LogP contribution in [0.4, 0.5) is 70.3 Å². The molecule has 0 spiro atoms. The number of hydrogen-bond acceptors (Lipinski definition) is 12. The van der Waals surface area contributed by atoms with Gasteiger partial charge in [0.1, 0.15) is 52.1 Å². The lowest BCUT2D eigenvalue weighted by Crippen LogP contribution is -2.54. The number of hydrogen-bond donors (Lipinski definition) is 2. The van der Waals surface area contributed by atoms with Gasteiger partial charge in [-0.15, -0.1) is 0 Å². The average molecular weight is 1000 g/mol. The summed E-state index contributed by atoms with van der Waals surface area (Å²) in [5.74, 6) is -1.70. The largest absolute Gasteiger partial charge is 0.457 e. The molecule has 0 unspecified atom stereocenters. The molecule has 4 heterocycles. The Morgan fingerprint density at radius 1 is 0.521 bits per heavy atom. The molecular formula is C51H40F6N10O6. The highest BCUT2D eigenvalue weighted by molar-refractivity contribution is 6.13. The van der Waals surface area contributed by atoms with E-state index in [0.717, 1.165) is 60.7 Å². The predicted molar refractivity (Wildman–Crippen MR) is 259 cm³/mol. The molecule has 2 aliphatic heterocycles. The molecule has 73 heavy (non-hydrogen) atoms. The summed E-state index contributed by atoms with van der Waals surface area (Å²) >= 11 is 0. The van der Waals surface area contributed by atoms with E-state index in [2.05, 4.69) is 20.6 Å². The van der Waals surface area contributed by atoms with Gasteiger partial charge in [0.25, 0.3) is 0 Å². The van der Waals surface area contributed by atoms with Crippen molar-refractivity contribution >= 4 is 68.5 Å². The zero-order valence-electron chi connectivity index (χ0n) is 38.2. The van der Waals surface area contributed by atoms with Crippen molar-refractivity contribution in [1.29, 1.82) is 0 Å². The molecular weight excluding hydrogens is 963 g/mol. The molecule has 0 bridgehead atoms. The number of ether oxygens (including phenoxy) is 4. The fourth-order valence-electron chi connectivity index (χ4n) is 8.05. The Morgan fingerprint density at radius 3 is 1.45 bits per heavy atom. The number of carbonyl (C=O) groups excluding carboxylic acids is 2. The van der Waals surface area contributed by atoms with E-state index in [0.29, 0.717) is 102 Å². The second kappa shape index (κ2) is 20.5. The monoisotopic (exact) mass is 1000 g/mol. The number of fused-ring (bicyclic) bond motifs is 2. The van der Waals surface area contributed by atoms with Gasteiger partial charge in [0.2, 0.25) is 0 Å². The van der Waals surface area contributed by atoms with E-state index in [1.165, 1.54) is 18.2 Å². The van der Waals surface area contributed by atoms with E-state index >= 15 is 8.78 Å². The molecule has 2 N–H and O–H groups in total. The lowest BCUT2D eigenvalue weighted by Gasteiger charge is -2.35. The van der Waals surface area contributed by atoms with Crippen LogP contribution < -0.4 is 39.9 Å². The number of nitrogens with one attached hydrogen (secondary N) is 2. The van der Waals surface area contributed by atoms with Crippen molar-refractivity contribution in [2.75, 3.05) is 83.1 Å². The standard InChI is InChI=1S/C51H40F6N10O6/c52-32-4-2-6-36(20-32)61-50(69)67(38-22-34(54)24-42(26-38)73-40-8-10-44-46(28-40)63-48(30-59-44)65-13-17-71-18-14-65)66(49(68)60-35-5-1-3-31(19-35)51(55,56)57)37-21-33(53)23-41(25-37)72-39-7-9-43-45(27-39)62-47(29-58-43)64-11-15-70-16-12-64/h1-10,19-30H,11-18H2,(H,60,68)(H,61,69). The minimum absolute atomic E-state index is 0.130. The molecule has 0 radical (unpaired) electrons. The van der Waals surface area contributed by atoms with Crippen LogP contribution in [0.25, 0.3) is 22.1 Å². The lowest BCUT2D eigenvalue weighted by molar-refractivity contribution is -0.137. The number of nitrogens with zero attached hydrogens (tertiary/aromatic N) is 8. The van der Waals surface area contributed by atoms with Gasteiger partial charge in [0, 0.05) is 74.0 Å². The molecule has 2 fully saturated rings. The lowest BCUT2D eigenvalue weighted by atomic mass is 10.2. The van der Waals surface area contributed by atoms with Crippen LogP contribution >= 0.6 is 0 Å². The summed E-state index contributed by atoms with van der Waals surface area (Å²) in [6, 6.07) is 21.2. The van der Waals surface area contributed by atoms with Crippen LogP contribution in [0.15, 0.2) is 134 Å². The Kier molecular flexibility index (Phi) is 13.5. The number of hydrazine groups is 1. The summed E-state index contributed by atoms with van der Waals surface area (Å²) < 4.78 is 112. The Morgan fingerprint density at radius 2 is 0.986 bits per heavy atom. The number of urea groups is 2. The Bertz CT molecular complexity index is 3360. The number of rotatable bonds is 10. The van der Waals surface area contributed by atoms with Gasteiger partial charge in [0.15, 0.2) is 0 Å². The van der Waals surface area contributed by atoms with Gasteiger partial charge in [-0.25, -0.2) is 32.7 Å². The zero-order chi connectivity index (χ0) is 50.6. The van der Waals surface area contributed by atoms with Crippen LogP contribution in [0.1, 0.15) is 5.56 Å². The Labute approximate surface area is 411 Å². The van der Waals surface area contributed by atoms with Crippen molar-refractivity contribution in [2.24, 2.45) is 0 Å². The SMILES string of the molecule is O=C(Nc1cccc(F)c1)N(c1cc(F)cc(Oc2ccc3ncc(N4CCOCC4)nc3c2)c1)N(C(=O)Nc1cccc(C(F)(F)F)c1)c1cc(F)cc(Oc2ccc3ncc(N4CCOCC4)nc3c2)c1. The molecule has 8 aromatic rings. The summed E-state index contributed by atoms with van der Waals surface area (Å²) in [5.41, 5.74) is -0.631. The minimum atomic E-state index is -4.83. The second-order valence-corrected chi connectivity index (χ2v) is 16.5. The summed E-state index contributed by atoms with van der Waals surface area (Å²) in [6.45, 7) is 4.43. The first-order valence-electron chi connectivity index (χ1n) is 22.6. The van der Waals surface area contributed by atoms with Gasteiger partial charge in [0.05, 0.1) is 77.8 Å². The average Bonchev–Trinajstić information content (AvgIpc) is 3.37. The summed E-state index contributed by atoms with van der Waals surface area (Å²) in [6.07, 6.45) is -1.55. The Balaban J connectivity index is 1.05. The number of benzene rings is 6. The van der Waals surface area contributed by atoms with Gasteiger partial charge < -0.3 is 39.4 Å². The van der Waals surface area contributed by atoms with E-state index in [4.69, 9.17) is 28.9 Å².